The average molecular weight is 620 g/mol. The van der Waals surface area contributed by atoms with E-state index in [-0.39, 0.29) is 5.84 Å². The second-order valence-electron chi connectivity index (χ2n) is 12.0. The van der Waals surface area contributed by atoms with Gasteiger partial charge in [0, 0.05) is 32.8 Å². The molecule has 0 saturated heterocycles. The second-order valence-corrected chi connectivity index (χ2v) is 12.0. The van der Waals surface area contributed by atoms with Gasteiger partial charge in [0.2, 0.25) is 0 Å². The number of benzene rings is 7. The van der Waals surface area contributed by atoms with Crippen molar-refractivity contribution in [3.63, 3.8) is 0 Å². The molecule has 4 heteroatoms. The number of furan rings is 1. The van der Waals surface area contributed by atoms with E-state index in [9.17, 15) is 0 Å². The number of hydrogen-bond donors (Lipinski definition) is 2. The van der Waals surface area contributed by atoms with Crippen molar-refractivity contribution < 1.29 is 4.42 Å². The van der Waals surface area contributed by atoms with E-state index in [1.54, 1.807) is 0 Å². The number of nitrogen functional groups attached to an aromatic ring is 1. The van der Waals surface area contributed by atoms with Crippen LogP contribution in [0.5, 0.6) is 0 Å². The summed E-state index contributed by atoms with van der Waals surface area (Å²) in [4.78, 5) is 0. The Morgan fingerprint density at radius 1 is 0.542 bits per heavy atom. The van der Waals surface area contributed by atoms with Gasteiger partial charge in [-0.2, -0.15) is 0 Å². The molecule has 9 rings (SSSR count). The molecule has 0 aliphatic carbocycles. The third-order valence-corrected chi connectivity index (χ3v) is 8.89. The Labute approximate surface area is 278 Å². The monoisotopic (exact) mass is 619 g/mol. The minimum Gasteiger partial charge on any atom is -0.456 e. The van der Waals surface area contributed by atoms with Gasteiger partial charge in [-0.25, -0.2) is 0 Å². The number of fused-ring (bicyclic) bond motifs is 6. The summed E-state index contributed by atoms with van der Waals surface area (Å²) < 4.78 is 8.24. The third kappa shape index (κ3) is 5.40. The highest BCUT2D eigenvalue weighted by Crippen LogP contribution is 2.38. The summed E-state index contributed by atoms with van der Waals surface area (Å²) in [6, 6.07) is 58.5. The number of amidine groups is 1. The minimum absolute atomic E-state index is 0.0840. The first-order chi connectivity index (χ1) is 23.6. The summed E-state index contributed by atoms with van der Waals surface area (Å²) >= 11 is 0. The summed E-state index contributed by atoms with van der Waals surface area (Å²) in [7, 11) is 0. The van der Waals surface area contributed by atoms with Gasteiger partial charge in [-0.05, 0) is 71.1 Å². The molecule has 0 fully saturated rings. The fraction of sp³-hybridized carbons (Fsp3) is 0.0227. The van der Waals surface area contributed by atoms with Crippen molar-refractivity contribution in [2.24, 2.45) is 5.73 Å². The zero-order valence-electron chi connectivity index (χ0n) is 26.3. The Morgan fingerprint density at radius 3 is 2.02 bits per heavy atom. The standard InChI is InChI=1S/C25H19N3.C19H14O/c26-25(27)18-9-6-8-17(16-18)20-13-7-15-23-24(20)21-12-4-5-14-22(21)28(23)19-10-2-1-3-11-19;1-2-6-14(7-3-1)12-15-10-11-17-16-8-4-5-9-18(16)20-19(17)13-15/h1-16H,(H3,26,27);1-11,13H,12H2. The second kappa shape index (κ2) is 12.4. The maximum atomic E-state index is 7.78. The number of aromatic nitrogens is 1. The Balaban J connectivity index is 0.000000148. The quantitative estimate of drug-likeness (QED) is 0.149. The lowest BCUT2D eigenvalue weighted by molar-refractivity contribution is 0.668. The van der Waals surface area contributed by atoms with Gasteiger partial charge >= 0.3 is 0 Å². The fourth-order valence-electron chi connectivity index (χ4n) is 6.68. The van der Waals surface area contributed by atoms with Crippen LogP contribution in [0.3, 0.4) is 0 Å². The van der Waals surface area contributed by atoms with Crippen LogP contribution in [-0.4, -0.2) is 10.4 Å². The number of nitrogens with one attached hydrogen (secondary N) is 1. The summed E-state index contributed by atoms with van der Waals surface area (Å²) in [6.07, 6.45) is 0.938. The van der Waals surface area contributed by atoms with Gasteiger partial charge < -0.3 is 14.7 Å². The molecule has 0 aliphatic rings. The molecule has 0 aliphatic heterocycles. The lowest BCUT2D eigenvalue weighted by Crippen LogP contribution is -2.10. The van der Waals surface area contributed by atoms with Gasteiger partial charge in [0.1, 0.15) is 17.0 Å². The predicted molar refractivity (Wildman–Crippen MR) is 200 cm³/mol. The van der Waals surface area contributed by atoms with Crippen LogP contribution in [0, 0.1) is 5.41 Å². The Bertz CT molecular complexity index is 2560. The van der Waals surface area contributed by atoms with Crippen molar-refractivity contribution in [3.8, 4) is 16.8 Å². The van der Waals surface area contributed by atoms with Crippen molar-refractivity contribution >= 4 is 49.6 Å². The van der Waals surface area contributed by atoms with E-state index < -0.39 is 0 Å². The Hall–Kier alpha value is -6.39. The molecule has 0 bridgehead atoms. The number of rotatable bonds is 5. The number of nitrogens with two attached hydrogens (primary N) is 1. The molecule has 0 spiro atoms. The molecule has 0 atom stereocenters. The van der Waals surface area contributed by atoms with Crippen LogP contribution in [0.4, 0.5) is 0 Å². The molecular formula is C44H33N3O. The number of nitrogens with zero attached hydrogens (tertiary/aromatic N) is 1. The normalized spacial score (nSPS) is 11.2. The van der Waals surface area contributed by atoms with Crippen molar-refractivity contribution in [2.45, 2.75) is 6.42 Å². The highest BCUT2D eigenvalue weighted by atomic mass is 16.3. The molecule has 7 aromatic carbocycles. The molecule has 4 nitrogen and oxygen atoms in total. The third-order valence-electron chi connectivity index (χ3n) is 8.89. The van der Waals surface area contributed by atoms with Crippen LogP contribution >= 0.6 is 0 Å². The van der Waals surface area contributed by atoms with E-state index >= 15 is 0 Å². The molecule has 3 N–H and O–H groups in total. The van der Waals surface area contributed by atoms with Crippen molar-refractivity contribution in [2.75, 3.05) is 0 Å². The van der Waals surface area contributed by atoms with Crippen LogP contribution in [-0.2, 0) is 6.42 Å². The fourth-order valence-corrected chi connectivity index (χ4v) is 6.68. The maximum Gasteiger partial charge on any atom is 0.135 e. The van der Waals surface area contributed by atoms with Crippen LogP contribution in [0.1, 0.15) is 16.7 Å². The van der Waals surface area contributed by atoms with E-state index in [1.165, 1.54) is 38.2 Å². The van der Waals surface area contributed by atoms with E-state index in [4.69, 9.17) is 15.6 Å². The smallest absolute Gasteiger partial charge is 0.135 e. The van der Waals surface area contributed by atoms with Crippen LogP contribution in [0.25, 0.3) is 60.6 Å². The molecule has 48 heavy (non-hydrogen) atoms. The van der Waals surface area contributed by atoms with Crippen LogP contribution in [0.15, 0.2) is 174 Å². The zero-order chi connectivity index (χ0) is 32.5. The SMILES string of the molecule is N=C(N)c1cccc(-c2cccc3c2c2ccccc2n3-c2ccccc2)c1.c1ccc(Cc2ccc3c(c2)oc2ccccc23)cc1. The van der Waals surface area contributed by atoms with E-state index in [0.29, 0.717) is 0 Å². The Morgan fingerprint density at radius 2 is 1.21 bits per heavy atom. The van der Waals surface area contributed by atoms with Gasteiger partial charge in [0.15, 0.2) is 0 Å². The molecular weight excluding hydrogens is 587 g/mol. The largest absolute Gasteiger partial charge is 0.456 e. The molecule has 0 unspecified atom stereocenters. The summed E-state index contributed by atoms with van der Waals surface area (Å²) in [5.41, 5.74) is 16.7. The van der Waals surface area contributed by atoms with E-state index in [2.05, 4.69) is 132 Å². The minimum atomic E-state index is 0.0840. The zero-order valence-corrected chi connectivity index (χ0v) is 26.3. The van der Waals surface area contributed by atoms with Gasteiger partial charge in [-0.3, -0.25) is 5.41 Å². The summed E-state index contributed by atoms with van der Waals surface area (Å²) in [5.74, 6) is 0.0840. The molecule has 0 saturated carbocycles. The first-order valence-electron chi connectivity index (χ1n) is 16.1. The van der Waals surface area contributed by atoms with Crippen LogP contribution in [0.2, 0.25) is 0 Å². The topological polar surface area (TPSA) is 67.9 Å². The van der Waals surface area contributed by atoms with Crippen molar-refractivity contribution in [1.82, 2.24) is 4.57 Å². The van der Waals surface area contributed by atoms with Gasteiger partial charge in [-0.1, -0.05) is 127 Å². The molecule has 9 aromatic rings. The lowest BCUT2D eigenvalue weighted by Gasteiger charge is -2.09. The lowest BCUT2D eigenvalue weighted by atomic mass is 9.98. The van der Waals surface area contributed by atoms with Gasteiger partial charge in [0.25, 0.3) is 0 Å². The van der Waals surface area contributed by atoms with Gasteiger partial charge in [-0.15, -0.1) is 0 Å². The number of para-hydroxylation sites is 3. The van der Waals surface area contributed by atoms with E-state index in [0.717, 1.165) is 45.5 Å². The summed E-state index contributed by atoms with van der Waals surface area (Å²) in [6.45, 7) is 0. The Kier molecular flexibility index (Phi) is 7.52. The number of hydrogen-bond acceptors (Lipinski definition) is 2. The molecule has 230 valence electrons. The van der Waals surface area contributed by atoms with Crippen molar-refractivity contribution in [1.29, 1.82) is 5.41 Å². The first-order valence-corrected chi connectivity index (χ1v) is 16.1. The highest BCUT2D eigenvalue weighted by Gasteiger charge is 2.16. The highest BCUT2D eigenvalue weighted by molar-refractivity contribution is 6.16. The molecule has 2 heterocycles. The van der Waals surface area contributed by atoms with Gasteiger partial charge in [0.05, 0.1) is 11.0 Å². The first kappa shape index (κ1) is 29.0. The van der Waals surface area contributed by atoms with Crippen molar-refractivity contribution in [3.05, 3.63) is 187 Å². The predicted octanol–water partition coefficient (Wildman–Crippen LogP) is 10.9. The maximum absolute atomic E-state index is 7.78. The molecule has 0 radical (unpaired) electrons. The summed E-state index contributed by atoms with van der Waals surface area (Å²) in [5, 5.41) is 12.6. The van der Waals surface area contributed by atoms with Crippen LogP contribution < -0.4 is 5.73 Å². The average Bonchev–Trinajstić information content (AvgIpc) is 3.68. The molecule has 2 aromatic heterocycles. The molecule has 0 amide bonds. The van der Waals surface area contributed by atoms with E-state index in [1.807, 2.05) is 42.5 Å².